The maximum absolute atomic E-state index is 12.1. The van der Waals surface area contributed by atoms with E-state index in [1.54, 1.807) is 10.9 Å². The molecule has 0 bridgehead atoms. The molecule has 2 rings (SSSR count). The first-order valence-corrected chi connectivity index (χ1v) is 7.12. The largest absolute Gasteiger partial charge is 0.348 e. The molecule has 100 valence electrons. The third kappa shape index (κ3) is 3.25. The van der Waals surface area contributed by atoms with Crippen LogP contribution in [-0.4, -0.2) is 21.7 Å². The van der Waals surface area contributed by atoms with E-state index >= 15 is 0 Å². The van der Waals surface area contributed by atoms with Gasteiger partial charge in [0.15, 0.2) is 5.69 Å². The molecule has 0 aliphatic heterocycles. The molecule has 1 aromatic heterocycles. The van der Waals surface area contributed by atoms with Crippen LogP contribution < -0.4 is 5.32 Å². The molecule has 4 nitrogen and oxygen atoms in total. The van der Waals surface area contributed by atoms with Crippen molar-refractivity contribution in [2.24, 2.45) is 0 Å². The number of carbonyl (C=O) groups excluding carboxylic acids is 1. The van der Waals surface area contributed by atoms with Crippen LogP contribution in [-0.2, 0) is 6.54 Å². The van der Waals surface area contributed by atoms with Gasteiger partial charge in [-0.3, -0.25) is 9.48 Å². The van der Waals surface area contributed by atoms with Gasteiger partial charge in [0.05, 0.1) is 5.02 Å². The van der Waals surface area contributed by atoms with Crippen molar-refractivity contribution in [2.75, 3.05) is 0 Å². The third-order valence-electron chi connectivity index (χ3n) is 3.45. The van der Waals surface area contributed by atoms with Gasteiger partial charge in [0.25, 0.3) is 5.91 Å². The van der Waals surface area contributed by atoms with E-state index in [1.807, 2.05) is 6.92 Å². The molecule has 0 atom stereocenters. The van der Waals surface area contributed by atoms with Crippen molar-refractivity contribution in [3.63, 3.8) is 0 Å². The first kappa shape index (κ1) is 13.4. The number of amides is 1. The molecular weight excluding hydrogens is 250 g/mol. The van der Waals surface area contributed by atoms with Crippen LogP contribution in [0, 0.1) is 0 Å². The molecule has 0 unspecified atom stereocenters. The smallest absolute Gasteiger partial charge is 0.273 e. The number of aryl methyl sites for hydroxylation is 1. The topological polar surface area (TPSA) is 46.9 Å². The van der Waals surface area contributed by atoms with Crippen LogP contribution in [0.2, 0.25) is 5.02 Å². The Labute approximate surface area is 113 Å². The molecule has 1 aliphatic rings. The summed E-state index contributed by atoms with van der Waals surface area (Å²) in [5, 5.41) is 7.68. The molecule has 5 heteroatoms. The van der Waals surface area contributed by atoms with Crippen molar-refractivity contribution < 1.29 is 4.79 Å². The van der Waals surface area contributed by atoms with Gasteiger partial charge in [0, 0.05) is 18.8 Å². The Bertz CT molecular complexity index is 408. The van der Waals surface area contributed by atoms with Crippen molar-refractivity contribution in [2.45, 2.75) is 58.0 Å². The van der Waals surface area contributed by atoms with Crippen LogP contribution in [0.15, 0.2) is 6.20 Å². The van der Waals surface area contributed by atoms with Gasteiger partial charge in [-0.2, -0.15) is 5.10 Å². The van der Waals surface area contributed by atoms with Crippen LogP contribution >= 0.6 is 11.6 Å². The highest BCUT2D eigenvalue weighted by atomic mass is 35.5. The van der Waals surface area contributed by atoms with Gasteiger partial charge in [0.1, 0.15) is 0 Å². The standard InChI is InChI=1S/C13H20ClN3O/c1-2-17-9-11(14)12(16-17)13(18)15-10-7-5-3-4-6-8-10/h9-10H,2-8H2,1H3,(H,15,18). The number of halogens is 1. The van der Waals surface area contributed by atoms with E-state index in [1.165, 1.54) is 25.7 Å². The lowest BCUT2D eigenvalue weighted by atomic mass is 10.1. The Balaban J connectivity index is 1.99. The minimum atomic E-state index is -0.140. The van der Waals surface area contributed by atoms with Crippen molar-refractivity contribution in [1.29, 1.82) is 0 Å². The number of aromatic nitrogens is 2. The van der Waals surface area contributed by atoms with E-state index in [0.717, 1.165) is 19.4 Å². The van der Waals surface area contributed by atoms with E-state index in [-0.39, 0.29) is 11.9 Å². The summed E-state index contributed by atoms with van der Waals surface area (Å²) in [5.41, 5.74) is 0.350. The molecule has 1 heterocycles. The Hall–Kier alpha value is -1.03. The molecule has 1 fully saturated rings. The fraction of sp³-hybridized carbons (Fsp3) is 0.692. The zero-order chi connectivity index (χ0) is 13.0. The molecule has 0 spiro atoms. The number of rotatable bonds is 3. The summed E-state index contributed by atoms with van der Waals surface area (Å²) in [6.07, 6.45) is 8.78. The summed E-state index contributed by atoms with van der Waals surface area (Å²) in [4.78, 5) is 12.1. The van der Waals surface area contributed by atoms with Crippen molar-refractivity contribution >= 4 is 17.5 Å². The first-order chi connectivity index (χ1) is 8.70. The fourth-order valence-electron chi connectivity index (χ4n) is 2.39. The SMILES string of the molecule is CCn1cc(Cl)c(C(=O)NC2CCCCCC2)n1. The van der Waals surface area contributed by atoms with E-state index in [9.17, 15) is 4.79 Å². The zero-order valence-electron chi connectivity index (χ0n) is 10.8. The average Bonchev–Trinajstić information content (AvgIpc) is 2.57. The fourth-order valence-corrected chi connectivity index (χ4v) is 2.63. The van der Waals surface area contributed by atoms with Gasteiger partial charge in [-0.25, -0.2) is 0 Å². The van der Waals surface area contributed by atoms with Crippen LogP contribution in [0.5, 0.6) is 0 Å². The molecule has 1 amide bonds. The Morgan fingerprint density at radius 1 is 1.44 bits per heavy atom. The number of carbonyl (C=O) groups is 1. The highest BCUT2D eigenvalue weighted by Crippen LogP contribution is 2.19. The monoisotopic (exact) mass is 269 g/mol. The predicted molar refractivity (Wildman–Crippen MR) is 71.9 cm³/mol. The van der Waals surface area contributed by atoms with E-state index < -0.39 is 0 Å². The normalized spacial score (nSPS) is 17.4. The Morgan fingerprint density at radius 2 is 2.11 bits per heavy atom. The molecule has 1 aromatic rings. The summed E-state index contributed by atoms with van der Waals surface area (Å²) in [6, 6.07) is 0.280. The average molecular weight is 270 g/mol. The quantitative estimate of drug-likeness (QED) is 0.858. The highest BCUT2D eigenvalue weighted by Gasteiger charge is 2.19. The summed E-state index contributed by atoms with van der Waals surface area (Å²) >= 11 is 6.02. The lowest BCUT2D eigenvalue weighted by molar-refractivity contribution is 0.0927. The lowest BCUT2D eigenvalue weighted by Crippen LogP contribution is -2.34. The number of hydrogen-bond donors (Lipinski definition) is 1. The molecule has 18 heavy (non-hydrogen) atoms. The summed E-state index contributed by atoms with van der Waals surface area (Å²) < 4.78 is 1.68. The van der Waals surface area contributed by atoms with Crippen LogP contribution in [0.1, 0.15) is 55.9 Å². The first-order valence-electron chi connectivity index (χ1n) is 6.74. The van der Waals surface area contributed by atoms with Crippen LogP contribution in [0.3, 0.4) is 0 Å². The Morgan fingerprint density at radius 3 is 2.67 bits per heavy atom. The minimum Gasteiger partial charge on any atom is -0.348 e. The molecule has 0 saturated heterocycles. The van der Waals surface area contributed by atoms with Gasteiger partial charge in [0.2, 0.25) is 0 Å². The Kier molecular flexibility index (Phi) is 4.64. The second kappa shape index (κ2) is 6.23. The maximum Gasteiger partial charge on any atom is 0.273 e. The molecule has 0 aromatic carbocycles. The zero-order valence-corrected chi connectivity index (χ0v) is 11.5. The highest BCUT2D eigenvalue weighted by molar-refractivity contribution is 6.33. The third-order valence-corrected chi connectivity index (χ3v) is 3.72. The molecule has 1 saturated carbocycles. The molecular formula is C13H20ClN3O. The van der Waals surface area contributed by atoms with Crippen molar-refractivity contribution in [3.05, 3.63) is 16.9 Å². The summed E-state index contributed by atoms with van der Waals surface area (Å²) in [6.45, 7) is 2.69. The molecule has 1 aliphatic carbocycles. The van der Waals surface area contributed by atoms with Crippen LogP contribution in [0.25, 0.3) is 0 Å². The summed E-state index contributed by atoms with van der Waals surface area (Å²) in [5.74, 6) is -0.140. The van der Waals surface area contributed by atoms with Gasteiger partial charge in [-0.15, -0.1) is 0 Å². The van der Waals surface area contributed by atoms with Gasteiger partial charge < -0.3 is 5.32 Å². The van der Waals surface area contributed by atoms with Gasteiger partial charge >= 0.3 is 0 Å². The number of hydrogen-bond acceptors (Lipinski definition) is 2. The minimum absolute atomic E-state index is 0.140. The van der Waals surface area contributed by atoms with Crippen molar-refractivity contribution in [1.82, 2.24) is 15.1 Å². The van der Waals surface area contributed by atoms with E-state index in [4.69, 9.17) is 11.6 Å². The van der Waals surface area contributed by atoms with Gasteiger partial charge in [-0.1, -0.05) is 37.3 Å². The van der Waals surface area contributed by atoms with E-state index in [2.05, 4.69) is 10.4 Å². The predicted octanol–water partition coefficient (Wildman–Crippen LogP) is 3.01. The van der Waals surface area contributed by atoms with E-state index in [0.29, 0.717) is 10.7 Å². The molecule has 0 radical (unpaired) electrons. The number of nitrogens with zero attached hydrogens (tertiary/aromatic N) is 2. The van der Waals surface area contributed by atoms with Crippen LogP contribution in [0.4, 0.5) is 0 Å². The maximum atomic E-state index is 12.1. The van der Waals surface area contributed by atoms with Crippen molar-refractivity contribution in [3.8, 4) is 0 Å². The lowest BCUT2D eigenvalue weighted by Gasteiger charge is -2.15. The van der Waals surface area contributed by atoms with Gasteiger partial charge in [-0.05, 0) is 19.8 Å². The second-order valence-electron chi connectivity index (χ2n) is 4.84. The number of nitrogens with one attached hydrogen (secondary N) is 1. The summed E-state index contributed by atoms with van der Waals surface area (Å²) in [7, 11) is 0. The second-order valence-corrected chi connectivity index (χ2v) is 5.25. The molecule has 1 N–H and O–H groups in total.